The van der Waals surface area contributed by atoms with Crippen molar-refractivity contribution in [3.63, 3.8) is 0 Å². The van der Waals surface area contributed by atoms with Gasteiger partial charge in [0, 0.05) is 35.0 Å². The lowest BCUT2D eigenvalue weighted by molar-refractivity contribution is 0.0764. The molecule has 1 aliphatic carbocycles. The van der Waals surface area contributed by atoms with Gasteiger partial charge in [-0.25, -0.2) is 0 Å². The Hall–Kier alpha value is -1.55. The fourth-order valence-corrected chi connectivity index (χ4v) is 3.60. The van der Waals surface area contributed by atoms with Crippen molar-refractivity contribution in [2.75, 3.05) is 19.7 Å². The van der Waals surface area contributed by atoms with E-state index in [0.717, 1.165) is 24.2 Å². The van der Waals surface area contributed by atoms with Gasteiger partial charge in [0.25, 0.3) is 5.91 Å². The molecule has 1 saturated heterocycles. The molecule has 1 aromatic carbocycles. The summed E-state index contributed by atoms with van der Waals surface area (Å²) in [6.07, 6.45) is 1.74. The van der Waals surface area contributed by atoms with Crippen molar-refractivity contribution in [2.45, 2.75) is 38.2 Å². The highest BCUT2D eigenvalue weighted by atomic mass is 16.5. The number of fused-ring (bicyclic) bond motifs is 1. The summed E-state index contributed by atoms with van der Waals surface area (Å²) in [7, 11) is 0. The molecule has 4 rings (SSSR count). The molecule has 1 saturated carbocycles. The van der Waals surface area contributed by atoms with Gasteiger partial charge in [-0.3, -0.25) is 4.79 Å². The predicted octanol–water partition coefficient (Wildman–Crippen LogP) is 1.95. The van der Waals surface area contributed by atoms with Crippen LogP contribution in [0.4, 0.5) is 0 Å². The highest BCUT2D eigenvalue weighted by molar-refractivity contribution is 5.95. The lowest BCUT2D eigenvalue weighted by atomic mass is 9.86. The third-order valence-corrected chi connectivity index (χ3v) is 5.33. The smallest absolute Gasteiger partial charge is 0.253 e. The molecule has 4 heteroatoms. The molecular formula is C17H21NO3. The van der Waals surface area contributed by atoms with Crippen LogP contribution < -0.4 is 4.74 Å². The number of ether oxygens (including phenoxy) is 1. The number of hydrogen-bond acceptors (Lipinski definition) is 3. The van der Waals surface area contributed by atoms with Crippen molar-refractivity contribution >= 4 is 5.91 Å². The zero-order valence-corrected chi connectivity index (χ0v) is 12.6. The maximum absolute atomic E-state index is 12.7. The van der Waals surface area contributed by atoms with Gasteiger partial charge in [0.1, 0.15) is 5.75 Å². The predicted molar refractivity (Wildman–Crippen MR) is 78.5 cm³/mol. The minimum atomic E-state index is -0.351. The number of rotatable bonds is 1. The van der Waals surface area contributed by atoms with E-state index in [1.807, 2.05) is 23.1 Å². The molecule has 0 aromatic heterocycles. The number of aliphatic hydroxyl groups excluding tert-OH is 1. The van der Waals surface area contributed by atoms with Crippen LogP contribution in [0, 0.1) is 5.41 Å². The monoisotopic (exact) mass is 287 g/mol. The number of hydrogen-bond donors (Lipinski definition) is 1. The first-order chi connectivity index (χ1) is 9.91. The fourth-order valence-electron chi connectivity index (χ4n) is 3.60. The number of amides is 1. The first-order valence-electron chi connectivity index (χ1n) is 7.66. The Labute approximate surface area is 124 Å². The summed E-state index contributed by atoms with van der Waals surface area (Å²) < 4.78 is 5.67. The van der Waals surface area contributed by atoms with Crippen molar-refractivity contribution in [2.24, 2.45) is 5.41 Å². The summed E-state index contributed by atoms with van der Waals surface area (Å²) in [5, 5.41) is 10.1. The van der Waals surface area contributed by atoms with E-state index in [1.54, 1.807) is 0 Å². The highest BCUT2D eigenvalue weighted by Gasteiger charge is 2.55. The molecule has 1 amide bonds. The van der Waals surface area contributed by atoms with Gasteiger partial charge in [0.05, 0.1) is 12.7 Å². The molecule has 21 heavy (non-hydrogen) atoms. The average Bonchev–Trinajstić information content (AvgIpc) is 3.08. The first-order valence-corrected chi connectivity index (χ1v) is 7.66. The summed E-state index contributed by atoms with van der Waals surface area (Å²) >= 11 is 0. The second kappa shape index (κ2) is 4.01. The number of carbonyl (C=O) groups is 1. The second-order valence-corrected chi connectivity index (χ2v) is 7.45. The molecule has 1 aromatic rings. The summed E-state index contributed by atoms with van der Waals surface area (Å²) in [5.74, 6) is 0.917. The Morgan fingerprint density at radius 2 is 2.14 bits per heavy atom. The zero-order valence-electron chi connectivity index (χ0n) is 12.6. The van der Waals surface area contributed by atoms with Gasteiger partial charge < -0.3 is 14.7 Å². The Kier molecular flexibility index (Phi) is 2.51. The van der Waals surface area contributed by atoms with Gasteiger partial charge in [-0.15, -0.1) is 0 Å². The van der Waals surface area contributed by atoms with E-state index in [-0.39, 0.29) is 22.8 Å². The van der Waals surface area contributed by atoms with Gasteiger partial charge in [-0.2, -0.15) is 0 Å². The minimum absolute atomic E-state index is 0.00870. The molecule has 2 heterocycles. The molecule has 0 bridgehead atoms. The van der Waals surface area contributed by atoms with Crippen LogP contribution in [0.1, 0.15) is 42.6 Å². The molecule has 1 N–H and O–H groups in total. The van der Waals surface area contributed by atoms with Gasteiger partial charge in [-0.1, -0.05) is 13.8 Å². The lowest BCUT2D eigenvalue weighted by Crippen LogP contribution is -2.30. The number of nitrogens with zero attached hydrogens (tertiary/aromatic N) is 1. The van der Waals surface area contributed by atoms with E-state index in [4.69, 9.17) is 4.74 Å². The molecule has 0 unspecified atom stereocenters. The number of aliphatic hydroxyl groups is 1. The van der Waals surface area contributed by atoms with Crippen molar-refractivity contribution in [1.29, 1.82) is 0 Å². The van der Waals surface area contributed by atoms with Gasteiger partial charge in [-0.05, 0) is 31.0 Å². The second-order valence-electron chi connectivity index (χ2n) is 7.45. The van der Waals surface area contributed by atoms with Crippen molar-refractivity contribution in [3.8, 4) is 5.75 Å². The van der Waals surface area contributed by atoms with Crippen molar-refractivity contribution < 1.29 is 14.6 Å². The SMILES string of the molecule is CC1(C)COc2ccc(C(=O)N3C[C@H](O)C4(CC4)C3)cc21. The third kappa shape index (κ3) is 1.89. The van der Waals surface area contributed by atoms with Crippen LogP contribution >= 0.6 is 0 Å². The molecular weight excluding hydrogens is 266 g/mol. The summed E-state index contributed by atoms with van der Waals surface area (Å²) in [6, 6.07) is 5.71. The average molecular weight is 287 g/mol. The van der Waals surface area contributed by atoms with E-state index < -0.39 is 0 Å². The van der Waals surface area contributed by atoms with Crippen LogP contribution in [0.5, 0.6) is 5.75 Å². The number of benzene rings is 1. The topological polar surface area (TPSA) is 49.8 Å². The Balaban J connectivity index is 1.61. The molecule has 3 aliphatic rings. The molecule has 112 valence electrons. The lowest BCUT2D eigenvalue weighted by Gasteiger charge is -2.19. The Morgan fingerprint density at radius 1 is 1.38 bits per heavy atom. The Morgan fingerprint density at radius 3 is 2.81 bits per heavy atom. The molecule has 1 atom stereocenters. The van der Waals surface area contributed by atoms with Gasteiger partial charge in [0.2, 0.25) is 0 Å². The molecule has 2 aliphatic heterocycles. The third-order valence-electron chi connectivity index (χ3n) is 5.33. The molecule has 2 fully saturated rings. The van der Waals surface area contributed by atoms with E-state index in [1.165, 1.54) is 0 Å². The van der Waals surface area contributed by atoms with Crippen molar-refractivity contribution in [1.82, 2.24) is 4.90 Å². The highest BCUT2D eigenvalue weighted by Crippen LogP contribution is 2.53. The standard InChI is InChI=1S/C17H21NO3/c1-16(2)10-21-13-4-3-11(7-12(13)16)15(20)18-8-14(19)17(9-18)5-6-17/h3-4,7,14,19H,5-6,8-10H2,1-2H3/t14-/m0/s1. The van der Waals surface area contributed by atoms with Gasteiger partial charge in [0.15, 0.2) is 0 Å². The van der Waals surface area contributed by atoms with Crippen LogP contribution in [0.2, 0.25) is 0 Å². The summed E-state index contributed by atoms with van der Waals surface area (Å²) in [5.41, 5.74) is 1.77. The largest absolute Gasteiger partial charge is 0.492 e. The fraction of sp³-hybridized carbons (Fsp3) is 0.588. The number of carbonyl (C=O) groups excluding carboxylic acids is 1. The van der Waals surface area contributed by atoms with Crippen LogP contribution in [0.15, 0.2) is 18.2 Å². The van der Waals surface area contributed by atoms with Crippen LogP contribution in [0.25, 0.3) is 0 Å². The molecule has 4 nitrogen and oxygen atoms in total. The molecule has 1 spiro atoms. The summed E-state index contributed by atoms with van der Waals surface area (Å²) in [6.45, 7) is 6.09. The Bertz CT molecular complexity index is 618. The quantitative estimate of drug-likeness (QED) is 0.859. The summed E-state index contributed by atoms with van der Waals surface area (Å²) in [4.78, 5) is 14.5. The molecule has 0 radical (unpaired) electrons. The first kappa shape index (κ1) is 13.1. The normalized spacial score (nSPS) is 27.6. The van der Waals surface area contributed by atoms with Crippen LogP contribution in [0.3, 0.4) is 0 Å². The van der Waals surface area contributed by atoms with Crippen LogP contribution in [-0.2, 0) is 5.41 Å². The maximum atomic E-state index is 12.7. The number of likely N-dealkylation sites (tertiary alicyclic amines) is 1. The zero-order chi connectivity index (χ0) is 14.8. The van der Waals surface area contributed by atoms with E-state index >= 15 is 0 Å². The number of β-amino-alcohol motifs (C(OH)–C–C–N with tert-alkyl or cyclic N) is 1. The minimum Gasteiger partial charge on any atom is -0.492 e. The van der Waals surface area contributed by atoms with E-state index in [9.17, 15) is 9.90 Å². The van der Waals surface area contributed by atoms with E-state index in [0.29, 0.717) is 25.3 Å². The van der Waals surface area contributed by atoms with Crippen molar-refractivity contribution in [3.05, 3.63) is 29.3 Å². The van der Waals surface area contributed by atoms with Crippen LogP contribution in [-0.4, -0.2) is 41.7 Å². The van der Waals surface area contributed by atoms with E-state index in [2.05, 4.69) is 13.8 Å². The van der Waals surface area contributed by atoms with Gasteiger partial charge >= 0.3 is 0 Å². The maximum Gasteiger partial charge on any atom is 0.253 e.